The molecule has 0 N–H and O–H groups in total. The first-order chi connectivity index (χ1) is 9.65. The quantitative estimate of drug-likeness (QED) is 0.563. The van der Waals surface area contributed by atoms with Crippen LogP contribution in [-0.2, 0) is 15.9 Å². The van der Waals surface area contributed by atoms with Gasteiger partial charge in [-0.2, -0.15) is 0 Å². The Morgan fingerprint density at radius 1 is 1.35 bits per heavy atom. The first-order valence-electron chi connectivity index (χ1n) is 7.03. The maximum absolute atomic E-state index is 6.08. The van der Waals surface area contributed by atoms with Gasteiger partial charge in [-0.05, 0) is 25.5 Å². The smallest absolute Gasteiger partial charge is 0.141 e. The van der Waals surface area contributed by atoms with Gasteiger partial charge in [0, 0.05) is 24.1 Å². The second-order valence-electron chi connectivity index (χ2n) is 4.99. The van der Waals surface area contributed by atoms with Crippen molar-refractivity contribution in [2.24, 2.45) is 0 Å². The molecule has 0 saturated heterocycles. The van der Waals surface area contributed by atoms with Crippen LogP contribution in [0.15, 0.2) is 12.1 Å². The fourth-order valence-corrected chi connectivity index (χ4v) is 3.10. The van der Waals surface area contributed by atoms with Crippen LogP contribution in [0.2, 0.25) is 0 Å². The van der Waals surface area contributed by atoms with E-state index in [0.717, 1.165) is 30.0 Å². The number of pyridine rings is 1. The molecular weight excluding hydrogens is 322 g/mol. The molecule has 1 aromatic heterocycles. The molecule has 1 heterocycles. The minimum absolute atomic E-state index is 0.0798. The van der Waals surface area contributed by atoms with Gasteiger partial charge in [0.25, 0.3) is 0 Å². The van der Waals surface area contributed by atoms with Crippen molar-refractivity contribution in [2.45, 2.75) is 43.7 Å². The Bertz CT molecular complexity index is 441. The molecule has 1 aliphatic rings. The Kier molecular flexibility index (Phi) is 5.81. The summed E-state index contributed by atoms with van der Waals surface area (Å²) in [6.07, 6.45) is 1.99. The zero-order chi connectivity index (χ0) is 14.5. The highest BCUT2D eigenvalue weighted by molar-refractivity contribution is 9.09. The summed E-state index contributed by atoms with van der Waals surface area (Å²) >= 11 is 3.62. The van der Waals surface area contributed by atoms with E-state index in [-0.39, 0.29) is 12.2 Å². The number of aryl methyl sites for hydroxylation is 2. The van der Waals surface area contributed by atoms with Gasteiger partial charge < -0.3 is 14.2 Å². The maximum Gasteiger partial charge on any atom is 0.141 e. The lowest BCUT2D eigenvalue weighted by Gasteiger charge is -2.41. The molecule has 1 aliphatic carbocycles. The number of ether oxygens (including phenoxy) is 3. The van der Waals surface area contributed by atoms with E-state index in [0.29, 0.717) is 18.0 Å². The molecule has 0 amide bonds. The van der Waals surface area contributed by atoms with Crippen molar-refractivity contribution in [3.63, 3.8) is 0 Å². The molecule has 0 radical (unpaired) electrons. The lowest BCUT2D eigenvalue weighted by atomic mass is 9.91. The number of hydrogen-bond donors (Lipinski definition) is 0. The van der Waals surface area contributed by atoms with Crippen LogP contribution in [-0.4, -0.2) is 42.3 Å². The van der Waals surface area contributed by atoms with Gasteiger partial charge >= 0.3 is 0 Å². The van der Waals surface area contributed by atoms with Gasteiger partial charge in [0.1, 0.15) is 18.0 Å². The molecule has 3 unspecified atom stereocenters. The van der Waals surface area contributed by atoms with Crippen molar-refractivity contribution < 1.29 is 14.2 Å². The summed E-state index contributed by atoms with van der Waals surface area (Å²) in [4.78, 5) is 4.88. The van der Waals surface area contributed by atoms with E-state index < -0.39 is 0 Å². The van der Waals surface area contributed by atoms with E-state index >= 15 is 0 Å². The SMILES string of the molecule is CCc1nc(C)ccc1OC1CC(Br)C1OCCOC. The normalized spacial score (nSPS) is 25.3. The molecule has 0 aromatic carbocycles. The predicted octanol–water partition coefficient (Wildman–Crippen LogP) is 2.90. The molecule has 3 atom stereocenters. The molecule has 112 valence electrons. The van der Waals surface area contributed by atoms with Crippen LogP contribution >= 0.6 is 15.9 Å². The minimum Gasteiger partial charge on any atom is -0.486 e. The van der Waals surface area contributed by atoms with E-state index in [2.05, 4.69) is 27.8 Å². The van der Waals surface area contributed by atoms with E-state index in [9.17, 15) is 0 Å². The maximum atomic E-state index is 6.08. The van der Waals surface area contributed by atoms with Crippen LogP contribution in [0.3, 0.4) is 0 Å². The van der Waals surface area contributed by atoms with Gasteiger partial charge in [-0.25, -0.2) is 0 Å². The van der Waals surface area contributed by atoms with Crippen LogP contribution in [0.4, 0.5) is 0 Å². The fourth-order valence-electron chi connectivity index (χ4n) is 2.24. The molecule has 20 heavy (non-hydrogen) atoms. The molecule has 1 aromatic rings. The third kappa shape index (κ3) is 3.71. The highest BCUT2D eigenvalue weighted by Gasteiger charge is 2.42. The second-order valence-corrected chi connectivity index (χ2v) is 6.16. The Labute approximate surface area is 129 Å². The summed E-state index contributed by atoms with van der Waals surface area (Å²) < 4.78 is 16.9. The van der Waals surface area contributed by atoms with Crippen LogP contribution in [0, 0.1) is 6.92 Å². The summed E-state index contributed by atoms with van der Waals surface area (Å²) in [5.74, 6) is 0.878. The van der Waals surface area contributed by atoms with Crippen LogP contribution < -0.4 is 4.74 Å². The van der Waals surface area contributed by atoms with E-state index in [4.69, 9.17) is 14.2 Å². The summed E-state index contributed by atoms with van der Waals surface area (Å²) in [7, 11) is 1.68. The topological polar surface area (TPSA) is 40.6 Å². The Balaban J connectivity index is 1.95. The van der Waals surface area contributed by atoms with E-state index in [1.165, 1.54) is 0 Å². The van der Waals surface area contributed by atoms with E-state index in [1.807, 2.05) is 19.1 Å². The zero-order valence-corrected chi connectivity index (χ0v) is 13.9. The Hall–Kier alpha value is -0.650. The summed E-state index contributed by atoms with van der Waals surface area (Å²) in [6, 6.07) is 3.99. The fraction of sp³-hybridized carbons (Fsp3) is 0.667. The van der Waals surface area contributed by atoms with Crippen molar-refractivity contribution in [1.29, 1.82) is 0 Å². The number of methoxy groups -OCH3 is 1. The second kappa shape index (κ2) is 7.38. The lowest BCUT2D eigenvalue weighted by molar-refractivity contribution is -0.0868. The van der Waals surface area contributed by atoms with Crippen molar-refractivity contribution in [1.82, 2.24) is 4.98 Å². The van der Waals surface area contributed by atoms with Crippen molar-refractivity contribution in [3.05, 3.63) is 23.5 Å². The molecule has 0 spiro atoms. The summed E-state index contributed by atoms with van der Waals surface area (Å²) in [5, 5.41) is 0. The summed E-state index contributed by atoms with van der Waals surface area (Å²) in [5.41, 5.74) is 2.03. The van der Waals surface area contributed by atoms with Gasteiger partial charge in [0.15, 0.2) is 0 Å². The van der Waals surface area contributed by atoms with Gasteiger partial charge in [0.2, 0.25) is 0 Å². The van der Waals surface area contributed by atoms with Crippen LogP contribution in [0.25, 0.3) is 0 Å². The van der Waals surface area contributed by atoms with Crippen LogP contribution in [0.1, 0.15) is 24.7 Å². The van der Waals surface area contributed by atoms with Gasteiger partial charge in [-0.3, -0.25) is 4.98 Å². The van der Waals surface area contributed by atoms with Gasteiger partial charge in [0.05, 0.1) is 18.9 Å². The predicted molar refractivity (Wildman–Crippen MR) is 81.7 cm³/mol. The molecule has 1 saturated carbocycles. The minimum atomic E-state index is 0.0798. The van der Waals surface area contributed by atoms with Gasteiger partial charge in [-0.1, -0.05) is 22.9 Å². The van der Waals surface area contributed by atoms with E-state index in [1.54, 1.807) is 7.11 Å². The molecule has 0 aliphatic heterocycles. The first kappa shape index (κ1) is 15.7. The number of halogens is 1. The Morgan fingerprint density at radius 3 is 2.80 bits per heavy atom. The standard InChI is InChI=1S/C15H22BrNO3/c1-4-12-13(6-5-10(2)17-12)20-14-9-11(16)15(14)19-8-7-18-3/h5-6,11,14-15H,4,7-9H2,1-3H3. The van der Waals surface area contributed by atoms with Crippen molar-refractivity contribution in [2.75, 3.05) is 20.3 Å². The Morgan fingerprint density at radius 2 is 2.15 bits per heavy atom. The summed E-state index contributed by atoms with van der Waals surface area (Å²) in [6.45, 7) is 5.29. The highest BCUT2D eigenvalue weighted by atomic mass is 79.9. The average molecular weight is 344 g/mol. The molecule has 5 heteroatoms. The molecule has 2 rings (SSSR count). The number of alkyl halides is 1. The third-order valence-electron chi connectivity index (χ3n) is 3.46. The first-order valence-corrected chi connectivity index (χ1v) is 7.95. The molecule has 0 bridgehead atoms. The zero-order valence-electron chi connectivity index (χ0n) is 12.3. The average Bonchev–Trinajstić information content (AvgIpc) is 2.44. The number of hydrogen-bond acceptors (Lipinski definition) is 4. The van der Waals surface area contributed by atoms with Gasteiger partial charge in [-0.15, -0.1) is 0 Å². The monoisotopic (exact) mass is 343 g/mol. The largest absolute Gasteiger partial charge is 0.486 e. The molecular formula is C15H22BrNO3. The molecule has 4 nitrogen and oxygen atoms in total. The van der Waals surface area contributed by atoms with Crippen LogP contribution in [0.5, 0.6) is 5.75 Å². The van der Waals surface area contributed by atoms with Crippen molar-refractivity contribution in [3.8, 4) is 5.75 Å². The number of aromatic nitrogens is 1. The van der Waals surface area contributed by atoms with Crippen molar-refractivity contribution >= 4 is 15.9 Å². The number of nitrogens with zero attached hydrogens (tertiary/aromatic N) is 1. The third-order valence-corrected chi connectivity index (χ3v) is 4.36. The molecule has 1 fully saturated rings. The lowest BCUT2D eigenvalue weighted by Crippen LogP contribution is -2.52. The highest BCUT2D eigenvalue weighted by Crippen LogP contribution is 2.35. The number of rotatable bonds is 7.